The Kier molecular flexibility index (Phi) is 8.05. The zero-order valence-corrected chi connectivity index (χ0v) is 14.1. The van der Waals surface area contributed by atoms with Crippen molar-refractivity contribution >= 4 is 15.9 Å². The van der Waals surface area contributed by atoms with E-state index in [0.717, 1.165) is 17.5 Å². The summed E-state index contributed by atoms with van der Waals surface area (Å²) in [5.74, 6) is 1.34. The highest BCUT2D eigenvalue weighted by Gasteiger charge is 2.13. The lowest BCUT2D eigenvalue weighted by Gasteiger charge is -2.17. The Morgan fingerprint density at radius 1 is 0.950 bits per heavy atom. The van der Waals surface area contributed by atoms with Gasteiger partial charge >= 0.3 is 0 Å². The van der Waals surface area contributed by atoms with Crippen molar-refractivity contribution in [2.75, 3.05) is 12.4 Å². The predicted molar refractivity (Wildman–Crippen MR) is 91.0 cm³/mol. The molecule has 2 heteroatoms. The quantitative estimate of drug-likeness (QED) is 0.643. The highest BCUT2D eigenvalue weighted by Crippen LogP contribution is 2.30. The average molecular weight is 335 g/mol. The van der Waals surface area contributed by atoms with Gasteiger partial charge in [0.15, 0.2) is 0 Å². The Bertz CT molecular complexity index is 482. The lowest BCUT2D eigenvalue weighted by molar-refractivity contribution is 0.414. The summed E-state index contributed by atoms with van der Waals surface area (Å²) in [5.41, 5.74) is 2.66. The molecule has 2 aromatic rings. The predicted octanol–water partition coefficient (Wildman–Crippen LogP) is 5.64. The van der Waals surface area contributed by atoms with E-state index in [1.54, 1.807) is 7.11 Å². The van der Waals surface area contributed by atoms with Gasteiger partial charge in [-0.3, -0.25) is 0 Å². The molecule has 0 saturated heterocycles. The van der Waals surface area contributed by atoms with Gasteiger partial charge in [0, 0.05) is 11.2 Å². The first-order chi connectivity index (χ1) is 9.85. The van der Waals surface area contributed by atoms with E-state index in [0.29, 0.717) is 5.92 Å². The zero-order valence-electron chi connectivity index (χ0n) is 12.5. The molecule has 0 N–H and O–H groups in total. The molecule has 0 amide bonds. The van der Waals surface area contributed by atoms with Gasteiger partial charge in [-0.2, -0.15) is 0 Å². The fraction of sp³-hybridized carbons (Fsp3) is 0.333. The van der Waals surface area contributed by atoms with Crippen LogP contribution in [0, 0.1) is 0 Å². The second kappa shape index (κ2) is 9.60. The fourth-order valence-corrected chi connectivity index (χ4v) is 2.64. The van der Waals surface area contributed by atoms with Gasteiger partial charge in [-0.25, -0.2) is 0 Å². The Balaban J connectivity index is 0.000000956. The second-order valence-electron chi connectivity index (χ2n) is 4.22. The number of hydrogen-bond donors (Lipinski definition) is 0. The number of rotatable bonds is 5. The van der Waals surface area contributed by atoms with Crippen molar-refractivity contribution in [3.8, 4) is 5.75 Å². The van der Waals surface area contributed by atoms with Crippen LogP contribution < -0.4 is 4.74 Å². The summed E-state index contributed by atoms with van der Waals surface area (Å²) >= 11 is 3.55. The van der Waals surface area contributed by atoms with E-state index in [-0.39, 0.29) is 0 Å². The molecule has 2 rings (SSSR count). The Hall–Kier alpha value is -1.28. The molecular formula is C18H23BrO. The molecule has 108 valence electrons. The maximum absolute atomic E-state index is 5.31. The van der Waals surface area contributed by atoms with Crippen LogP contribution in [-0.2, 0) is 0 Å². The second-order valence-corrected chi connectivity index (χ2v) is 5.01. The molecule has 0 fully saturated rings. The monoisotopic (exact) mass is 334 g/mol. The summed E-state index contributed by atoms with van der Waals surface area (Å²) in [5, 5.41) is 0.990. The van der Waals surface area contributed by atoms with Gasteiger partial charge < -0.3 is 4.74 Å². The third-order valence-corrected chi connectivity index (χ3v) is 3.55. The Labute approximate surface area is 131 Å². The maximum Gasteiger partial charge on any atom is 0.119 e. The molecule has 1 atom stereocenters. The van der Waals surface area contributed by atoms with Crippen LogP contribution in [0.1, 0.15) is 37.3 Å². The molecule has 1 unspecified atom stereocenters. The minimum Gasteiger partial charge on any atom is -0.497 e. The van der Waals surface area contributed by atoms with Crippen molar-refractivity contribution in [2.45, 2.75) is 26.2 Å². The van der Waals surface area contributed by atoms with Crippen LogP contribution in [0.25, 0.3) is 0 Å². The summed E-state index contributed by atoms with van der Waals surface area (Å²) in [6, 6.07) is 19.0. The molecule has 20 heavy (non-hydrogen) atoms. The third-order valence-electron chi connectivity index (χ3n) is 3.10. The van der Waals surface area contributed by atoms with Crippen molar-refractivity contribution in [3.05, 3.63) is 65.7 Å². The van der Waals surface area contributed by atoms with Gasteiger partial charge in [0.1, 0.15) is 5.75 Å². The van der Waals surface area contributed by atoms with E-state index in [9.17, 15) is 0 Å². The molecule has 0 bridgehead atoms. The van der Waals surface area contributed by atoms with Crippen molar-refractivity contribution in [2.24, 2.45) is 0 Å². The van der Waals surface area contributed by atoms with Crippen molar-refractivity contribution in [3.63, 3.8) is 0 Å². The van der Waals surface area contributed by atoms with Crippen LogP contribution in [0.15, 0.2) is 54.6 Å². The number of halogens is 1. The van der Waals surface area contributed by atoms with Crippen LogP contribution in [0.2, 0.25) is 0 Å². The van der Waals surface area contributed by atoms with E-state index >= 15 is 0 Å². The maximum atomic E-state index is 5.31. The van der Waals surface area contributed by atoms with Crippen LogP contribution >= 0.6 is 15.9 Å². The minimum atomic E-state index is 0.417. The number of benzene rings is 2. The SMILES string of the molecule is CC.COc1cccc(C(CCBr)c2ccccc2)c1. The summed E-state index contributed by atoms with van der Waals surface area (Å²) in [4.78, 5) is 0. The first kappa shape index (κ1) is 16.8. The summed E-state index contributed by atoms with van der Waals surface area (Å²) in [7, 11) is 1.71. The van der Waals surface area contributed by atoms with Gasteiger partial charge in [0.2, 0.25) is 0 Å². The summed E-state index contributed by atoms with van der Waals surface area (Å²) in [6.45, 7) is 4.00. The van der Waals surface area contributed by atoms with Crippen molar-refractivity contribution < 1.29 is 4.74 Å². The van der Waals surface area contributed by atoms with Crippen molar-refractivity contribution in [1.29, 1.82) is 0 Å². The van der Waals surface area contributed by atoms with Crippen LogP contribution in [0.4, 0.5) is 0 Å². The first-order valence-corrected chi connectivity index (χ1v) is 8.22. The van der Waals surface area contributed by atoms with Gasteiger partial charge in [-0.1, -0.05) is 72.2 Å². The highest BCUT2D eigenvalue weighted by molar-refractivity contribution is 9.09. The Morgan fingerprint density at radius 2 is 1.60 bits per heavy atom. The molecule has 0 saturated carbocycles. The first-order valence-electron chi connectivity index (χ1n) is 7.10. The lowest BCUT2D eigenvalue weighted by Crippen LogP contribution is -2.02. The average Bonchev–Trinajstić information content (AvgIpc) is 2.55. The number of hydrogen-bond acceptors (Lipinski definition) is 1. The molecule has 1 nitrogen and oxygen atoms in total. The van der Waals surface area contributed by atoms with E-state index in [1.165, 1.54) is 11.1 Å². The number of methoxy groups -OCH3 is 1. The fourth-order valence-electron chi connectivity index (χ4n) is 2.18. The topological polar surface area (TPSA) is 9.23 Å². The van der Waals surface area contributed by atoms with Crippen LogP contribution in [0.5, 0.6) is 5.75 Å². The molecule has 0 aliphatic heterocycles. The smallest absolute Gasteiger partial charge is 0.119 e. The summed E-state index contributed by atoms with van der Waals surface area (Å²) < 4.78 is 5.31. The molecule has 2 aromatic carbocycles. The van der Waals surface area contributed by atoms with E-state index in [2.05, 4.69) is 64.5 Å². The molecule has 0 aromatic heterocycles. The van der Waals surface area contributed by atoms with E-state index in [4.69, 9.17) is 4.74 Å². The molecular weight excluding hydrogens is 312 g/mol. The molecule has 0 spiro atoms. The van der Waals surface area contributed by atoms with Crippen LogP contribution in [-0.4, -0.2) is 12.4 Å². The van der Waals surface area contributed by atoms with E-state index < -0.39 is 0 Å². The van der Waals surface area contributed by atoms with Crippen LogP contribution in [0.3, 0.4) is 0 Å². The third kappa shape index (κ3) is 4.68. The molecule has 0 aliphatic rings. The Morgan fingerprint density at radius 3 is 2.20 bits per heavy atom. The normalized spacial score (nSPS) is 11.2. The zero-order chi connectivity index (χ0) is 14.8. The minimum absolute atomic E-state index is 0.417. The lowest BCUT2D eigenvalue weighted by atomic mass is 9.89. The molecule has 0 radical (unpaired) electrons. The van der Waals surface area contributed by atoms with Gasteiger partial charge in [0.25, 0.3) is 0 Å². The van der Waals surface area contributed by atoms with Gasteiger partial charge in [-0.05, 0) is 29.7 Å². The van der Waals surface area contributed by atoms with Crippen molar-refractivity contribution in [1.82, 2.24) is 0 Å². The number of ether oxygens (including phenoxy) is 1. The van der Waals surface area contributed by atoms with Gasteiger partial charge in [-0.15, -0.1) is 0 Å². The number of alkyl halides is 1. The summed E-state index contributed by atoms with van der Waals surface area (Å²) in [6.07, 6.45) is 1.08. The van der Waals surface area contributed by atoms with Gasteiger partial charge in [0.05, 0.1) is 7.11 Å². The van der Waals surface area contributed by atoms with E-state index in [1.807, 2.05) is 19.9 Å². The molecule has 0 aliphatic carbocycles. The highest BCUT2D eigenvalue weighted by atomic mass is 79.9. The largest absolute Gasteiger partial charge is 0.497 e. The molecule has 0 heterocycles. The standard InChI is InChI=1S/C16H17BrO.C2H6/c1-18-15-9-5-8-14(12-15)16(10-11-17)13-6-3-2-4-7-13;1-2/h2-9,12,16H,10-11H2,1H3;1-2H3.